The Labute approximate surface area is 146 Å². The Morgan fingerprint density at radius 2 is 1.86 bits per heavy atom. The van der Waals surface area contributed by atoms with E-state index >= 15 is 0 Å². The molecule has 2 N–H and O–H groups in total. The standard InChI is InChI=1S/C16H26N2O2.2ClH/c1-12(2)11-13(18-9-7-17-8-10-18)16-14(19)5-4-6-15(16)20-3;;/h4-6,12-13,17,19H,7-11H2,1-3H3;2*1H/t13-;;/m1../s1. The van der Waals surface area contributed by atoms with E-state index in [1.165, 1.54) is 0 Å². The van der Waals surface area contributed by atoms with Crippen molar-refractivity contribution in [3.8, 4) is 11.5 Å². The van der Waals surface area contributed by atoms with Gasteiger partial charge < -0.3 is 15.2 Å². The van der Waals surface area contributed by atoms with Crippen molar-refractivity contribution in [2.75, 3.05) is 33.3 Å². The zero-order valence-corrected chi connectivity index (χ0v) is 15.2. The van der Waals surface area contributed by atoms with Crippen molar-refractivity contribution in [1.29, 1.82) is 0 Å². The van der Waals surface area contributed by atoms with E-state index in [0.717, 1.165) is 43.9 Å². The van der Waals surface area contributed by atoms with Crippen molar-refractivity contribution < 1.29 is 9.84 Å². The van der Waals surface area contributed by atoms with Crippen LogP contribution >= 0.6 is 24.8 Å². The third-order valence-corrected chi connectivity index (χ3v) is 3.88. The highest BCUT2D eigenvalue weighted by Gasteiger charge is 2.27. The number of benzene rings is 1. The minimum absolute atomic E-state index is 0. The lowest BCUT2D eigenvalue weighted by Gasteiger charge is -2.37. The third kappa shape index (κ3) is 5.20. The van der Waals surface area contributed by atoms with Crippen LogP contribution in [-0.2, 0) is 0 Å². The average Bonchev–Trinajstić information content (AvgIpc) is 2.45. The number of nitrogens with one attached hydrogen (secondary N) is 1. The van der Waals surface area contributed by atoms with E-state index in [4.69, 9.17) is 4.74 Å². The van der Waals surface area contributed by atoms with Gasteiger partial charge in [-0.25, -0.2) is 0 Å². The molecule has 2 rings (SSSR count). The van der Waals surface area contributed by atoms with Crippen LogP contribution in [0.25, 0.3) is 0 Å². The number of aromatic hydroxyl groups is 1. The molecule has 128 valence electrons. The highest BCUT2D eigenvalue weighted by molar-refractivity contribution is 5.85. The molecule has 0 aromatic heterocycles. The van der Waals surface area contributed by atoms with Gasteiger partial charge in [-0.05, 0) is 24.5 Å². The molecule has 1 aromatic carbocycles. The molecule has 1 aliphatic rings. The van der Waals surface area contributed by atoms with Gasteiger partial charge in [0.15, 0.2) is 0 Å². The van der Waals surface area contributed by atoms with Gasteiger partial charge in [0, 0.05) is 32.2 Å². The molecule has 0 spiro atoms. The summed E-state index contributed by atoms with van der Waals surface area (Å²) < 4.78 is 5.48. The average molecular weight is 351 g/mol. The van der Waals surface area contributed by atoms with Crippen molar-refractivity contribution in [2.24, 2.45) is 5.92 Å². The molecule has 1 fully saturated rings. The summed E-state index contributed by atoms with van der Waals surface area (Å²) in [5.41, 5.74) is 0.936. The van der Waals surface area contributed by atoms with Crippen LogP contribution in [0.4, 0.5) is 0 Å². The molecule has 0 saturated carbocycles. The van der Waals surface area contributed by atoms with Crippen LogP contribution in [0, 0.1) is 5.92 Å². The Balaban J connectivity index is 0.00000220. The summed E-state index contributed by atoms with van der Waals surface area (Å²) >= 11 is 0. The van der Waals surface area contributed by atoms with Crippen molar-refractivity contribution in [3.05, 3.63) is 23.8 Å². The van der Waals surface area contributed by atoms with Gasteiger partial charge in [0.1, 0.15) is 11.5 Å². The molecule has 0 aliphatic carbocycles. The number of ether oxygens (including phenoxy) is 1. The lowest BCUT2D eigenvalue weighted by Crippen LogP contribution is -2.45. The van der Waals surface area contributed by atoms with Crippen LogP contribution < -0.4 is 10.1 Å². The Morgan fingerprint density at radius 1 is 1.23 bits per heavy atom. The monoisotopic (exact) mass is 350 g/mol. The Hall–Kier alpha value is -0.680. The number of piperazine rings is 1. The first-order valence-corrected chi connectivity index (χ1v) is 7.44. The smallest absolute Gasteiger partial charge is 0.127 e. The highest BCUT2D eigenvalue weighted by atomic mass is 35.5. The van der Waals surface area contributed by atoms with Crippen molar-refractivity contribution in [1.82, 2.24) is 10.2 Å². The van der Waals surface area contributed by atoms with Gasteiger partial charge in [-0.3, -0.25) is 4.90 Å². The molecule has 0 bridgehead atoms. The highest BCUT2D eigenvalue weighted by Crippen LogP contribution is 2.39. The second kappa shape index (κ2) is 10.2. The van der Waals surface area contributed by atoms with E-state index in [-0.39, 0.29) is 30.9 Å². The normalized spacial score (nSPS) is 16.5. The molecular formula is C16H28Cl2N2O2. The Bertz CT molecular complexity index is 438. The predicted molar refractivity (Wildman–Crippen MR) is 95.8 cm³/mol. The van der Waals surface area contributed by atoms with Gasteiger partial charge in [-0.1, -0.05) is 19.9 Å². The van der Waals surface area contributed by atoms with Gasteiger partial charge in [0.05, 0.1) is 12.7 Å². The second-order valence-corrected chi connectivity index (χ2v) is 5.82. The molecule has 1 atom stereocenters. The van der Waals surface area contributed by atoms with Gasteiger partial charge in [0.25, 0.3) is 0 Å². The molecule has 0 unspecified atom stereocenters. The molecule has 1 heterocycles. The third-order valence-electron chi connectivity index (χ3n) is 3.88. The zero-order valence-electron chi connectivity index (χ0n) is 13.5. The fourth-order valence-corrected chi connectivity index (χ4v) is 2.94. The quantitative estimate of drug-likeness (QED) is 0.855. The first kappa shape index (κ1) is 21.3. The SMILES string of the molecule is COc1cccc(O)c1[C@@H](CC(C)C)N1CCNCC1.Cl.Cl. The van der Waals surface area contributed by atoms with Gasteiger partial charge in [-0.15, -0.1) is 24.8 Å². The van der Waals surface area contributed by atoms with Crippen LogP contribution in [0.2, 0.25) is 0 Å². The molecule has 0 radical (unpaired) electrons. The van der Waals surface area contributed by atoms with Gasteiger partial charge in [0.2, 0.25) is 0 Å². The topological polar surface area (TPSA) is 44.7 Å². The Kier molecular flexibility index (Phi) is 9.85. The van der Waals surface area contributed by atoms with E-state index in [2.05, 4.69) is 24.1 Å². The van der Waals surface area contributed by atoms with Gasteiger partial charge in [-0.2, -0.15) is 0 Å². The molecule has 22 heavy (non-hydrogen) atoms. The molecule has 6 heteroatoms. The summed E-state index contributed by atoms with van der Waals surface area (Å²) in [5, 5.41) is 13.7. The molecule has 0 amide bonds. The molecule has 1 aliphatic heterocycles. The summed E-state index contributed by atoms with van der Waals surface area (Å²) in [6.07, 6.45) is 1.02. The van der Waals surface area contributed by atoms with Gasteiger partial charge >= 0.3 is 0 Å². The molecule has 4 nitrogen and oxygen atoms in total. The van der Waals surface area contributed by atoms with Crippen LogP contribution in [0.5, 0.6) is 11.5 Å². The van der Waals surface area contributed by atoms with Crippen molar-refractivity contribution >= 4 is 24.8 Å². The van der Waals surface area contributed by atoms with E-state index < -0.39 is 0 Å². The lowest BCUT2D eigenvalue weighted by atomic mass is 9.93. The fourth-order valence-electron chi connectivity index (χ4n) is 2.94. The number of nitrogens with zero attached hydrogens (tertiary/aromatic N) is 1. The van der Waals surface area contributed by atoms with E-state index in [9.17, 15) is 5.11 Å². The maximum absolute atomic E-state index is 10.3. The number of phenols is 1. The fraction of sp³-hybridized carbons (Fsp3) is 0.625. The molecule has 1 saturated heterocycles. The largest absolute Gasteiger partial charge is 0.507 e. The molecule has 1 aromatic rings. The van der Waals surface area contributed by atoms with Crippen molar-refractivity contribution in [3.63, 3.8) is 0 Å². The first-order valence-electron chi connectivity index (χ1n) is 7.44. The summed E-state index contributed by atoms with van der Waals surface area (Å²) in [4.78, 5) is 2.45. The number of rotatable bonds is 5. The van der Waals surface area contributed by atoms with E-state index in [1.807, 2.05) is 12.1 Å². The summed E-state index contributed by atoms with van der Waals surface area (Å²) in [5.74, 6) is 1.70. The predicted octanol–water partition coefficient (Wildman–Crippen LogP) is 3.24. The first-order chi connectivity index (χ1) is 9.63. The summed E-state index contributed by atoms with van der Waals surface area (Å²) in [6, 6.07) is 5.74. The van der Waals surface area contributed by atoms with Crippen LogP contribution in [0.15, 0.2) is 18.2 Å². The number of hydrogen-bond donors (Lipinski definition) is 2. The maximum atomic E-state index is 10.3. The minimum Gasteiger partial charge on any atom is -0.507 e. The number of methoxy groups -OCH3 is 1. The number of phenolic OH excluding ortho intramolecular Hbond substituents is 1. The number of hydrogen-bond acceptors (Lipinski definition) is 4. The van der Waals surface area contributed by atoms with Crippen molar-refractivity contribution in [2.45, 2.75) is 26.3 Å². The maximum Gasteiger partial charge on any atom is 0.127 e. The Morgan fingerprint density at radius 3 is 2.41 bits per heavy atom. The van der Waals surface area contributed by atoms with E-state index in [1.54, 1.807) is 13.2 Å². The van der Waals surface area contributed by atoms with Crippen LogP contribution in [-0.4, -0.2) is 43.3 Å². The van der Waals surface area contributed by atoms with Crippen LogP contribution in [0.1, 0.15) is 31.9 Å². The lowest BCUT2D eigenvalue weighted by molar-refractivity contribution is 0.149. The molecular weight excluding hydrogens is 323 g/mol. The van der Waals surface area contributed by atoms with Crippen LogP contribution in [0.3, 0.4) is 0 Å². The summed E-state index contributed by atoms with van der Waals surface area (Å²) in [6.45, 7) is 8.47. The van der Waals surface area contributed by atoms with E-state index in [0.29, 0.717) is 11.7 Å². The number of halogens is 2. The second-order valence-electron chi connectivity index (χ2n) is 5.82. The minimum atomic E-state index is 0. The zero-order chi connectivity index (χ0) is 14.5. The summed E-state index contributed by atoms with van der Waals surface area (Å²) in [7, 11) is 1.67.